The standard InChI is InChI=1S/C7H12O7.Na/c1-13-7-4(10)2(8)3(9)5(14-7)6(11)12;/h2-5,7-10H,1H3,(H,11,12);/q;+1/p-1/t2-,3-,4?,5?,7+;/m0./s1. The first-order chi connectivity index (χ1) is 6.49. The fraction of sp³-hybridized carbons (Fsp3) is 0.857. The Bertz CT molecular complexity index is 221. The zero-order chi connectivity index (χ0) is 10.9. The van der Waals surface area contributed by atoms with E-state index in [-0.39, 0.29) is 29.6 Å². The zero-order valence-corrected chi connectivity index (χ0v) is 10.4. The second-order valence-electron chi connectivity index (χ2n) is 2.95. The molecule has 1 aliphatic rings. The maximum absolute atomic E-state index is 10.4. The van der Waals surface area contributed by atoms with Crippen LogP contribution in [-0.4, -0.2) is 59.1 Å². The van der Waals surface area contributed by atoms with Crippen molar-refractivity contribution in [2.75, 3.05) is 7.11 Å². The van der Waals surface area contributed by atoms with Crippen LogP contribution in [0.5, 0.6) is 0 Å². The molecule has 5 atom stereocenters. The Morgan fingerprint density at radius 3 is 2.20 bits per heavy atom. The van der Waals surface area contributed by atoms with Crippen molar-refractivity contribution >= 4 is 5.97 Å². The number of aliphatic carboxylic acids is 1. The van der Waals surface area contributed by atoms with Crippen LogP contribution in [-0.2, 0) is 14.3 Å². The first kappa shape index (κ1) is 15.3. The van der Waals surface area contributed by atoms with Crippen LogP contribution in [0.4, 0.5) is 0 Å². The summed E-state index contributed by atoms with van der Waals surface area (Å²) in [7, 11) is 1.17. The van der Waals surface area contributed by atoms with E-state index in [1.807, 2.05) is 0 Å². The Labute approximate surface area is 108 Å². The van der Waals surface area contributed by atoms with Gasteiger partial charge < -0.3 is 34.7 Å². The second kappa shape index (κ2) is 6.12. The van der Waals surface area contributed by atoms with Gasteiger partial charge >= 0.3 is 29.6 Å². The molecule has 0 bridgehead atoms. The molecular weight excluding hydrogens is 219 g/mol. The van der Waals surface area contributed by atoms with E-state index in [0.29, 0.717) is 0 Å². The number of carbonyl (C=O) groups is 1. The Hall–Kier alpha value is 0.270. The molecule has 7 nitrogen and oxygen atoms in total. The van der Waals surface area contributed by atoms with Crippen LogP contribution < -0.4 is 34.7 Å². The molecule has 1 rings (SSSR count). The monoisotopic (exact) mass is 230 g/mol. The number of methoxy groups -OCH3 is 1. The maximum Gasteiger partial charge on any atom is 1.00 e. The number of hydrogen-bond donors (Lipinski definition) is 3. The minimum atomic E-state index is -1.73. The molecule has 0 aromatic rings. The van der Waals surface area contributed by atoms with Gasteiger partial charge in [0, 0.05) is 7.11 Å². The summed E-state index contributed by atoms with van der Waals surface area (Å²) in [6, 6.07) is 0. The van der Waals surface area contributed by atoms with Gasteiger partial charge in [-0.25, -0.2) is 0 Å². The molecule has 8 heteroatoms. The fourth-order valence-corrected chi connectivity index (χ4v) is 1.24. The molecule has 0 aliphatic carbocycles. The summed E-state index contributed by atoms with van der Waals surface area (Å²) < 4.78 is 9.22. The molecule has 0 spiro atoms. The van der Waals surface area contributed by atoms with Crippen LogP contribution in [0.1, 0.15) is 0 Å². The third-order valence-electron chi connectivity index (χ3n) is 2.03. The molecule has 0 amide bonds. The molecule has 1 aliphatic heterocycles. The van der Waals surface area contributed by atoms with Crippen LogP contribution in [0.3, 0.4) is 0 Å². The third-order valence-corrected chi connectivity index (χ3v) is 2.03. The molecule has 0 saturated carbocycles. The number of aliphatic hydroxyl groups is 3. The van der Waals surface area contributed by atoms with Crippen LogP contribution in [0, 0.1) is 0 Å². The smallest absolute Gasteiger partial charge is 0.547 e. The van der Waals surface area contributed by atoms with Crippen molar-refractivity contribution in [3.63, 3.8) is 0 Å². The zero-order valence-electron chi connectivity index (χ0n) is 8.36. The molecule has 0 radical (unpaired) electrons. The van der Waals surface area contributed by atoms with Gasteiger partial charge in [-0.1, -0.05) is 0 Å². The van der Waals surface area contributed by atoms with Crippen molar-refractivity contribution in [2.24, 2.45) is 0 Å². The molecule has 0 aromatic heterocycles. The number of carboxylic acids is 1. The van der Waals surface area contributed by atoms with Crippen LogP contribution >= 0.6 is 0 Å². The molecule has 2 unspecified atom stereocenters. The average molecular weight is 230 g/mol. The summed E-state index contributed by atoms with van der Waals surface area (Å²) in [6.45, 7) is 0. The molecule has 1 fully saturated rings. The maximum atomic E-state index is 10.4. The molecule has 1 saturated heterocycles. The van der Waals surface area contributed by atoms with Crippen molar-refractivity contribution in [1.29, 1.82) is 0 Å². The summed E-state index contributed by atoms with van der Waals surface area (Å²) in [4.78, 5) is 10.4. The van der Waals surface area contributed by atoms with E-state index >= 15 is 0 Å². The summed E-state index contributed by atoms with van der Waals surface area (Å²) >= 11 is 0. The van der Waals surface area contributed by atoms with Crippen molar-refractivity contribution < 1.29 is 64.3 Å². The van der Waals surface area contributed by atoms with Gasteiger partial charge in [0.25, 0.3) is 0 Å². The van der Waals surface area contributed by atoms with Gasteiger partial charge in [0.05, 0.1) is 5.97 Å². The van der Waals surface area contributed by atoms with E-state index in [1.165, 1.54) is 7.11 Å². The van der Waals surface area contributed by atoms with Crippen LogP contribution in [0.15, 0.2) is 0 Å². The van der Waals surface area contributed by atoms with Crippen molar-refractivity contribution in [3.8, 4) is 0 Å². The SMILES string of the molecule is CO[C@@H]1OC(C(=O)[O-])[C@@H](O)[C@H](O)C1O.[Na+]. The summed E-state index contributed by atoms with van der Waals surface area (Å²) in [5.74, 6) is -1.68. The van der Waals surface area contributed by atoms with E-state index in [9.17, 15) is 25.2 Å². The van der Waals surface area contributed by atoms with Crippen LogP contribution in [0.2, 0.25) is 0 Å². The first-order valence-corrected chi connectivity index (χ1v) is 3.92. The average Bonchev–Trinajstić information content (AvgIpc) is 2.14. The van der Waals surface area contributed by atoms with Gasteiger partial charge in [-0.15, -0.1) is 0 Å². The number of hydrogen-bond acceptors (Lipinski definition) is 7. The van der Waals surface area contributed by atoms with E-state index in [4.69, 9.17) is 0 Å². The molecule has 3 N–H and O–H groups in total. The molecule has 15 heavy (non-hydrogen) atoms. The van der Waals surface area contributed by atoms with Crippen molar-refractivity contribution in [3.05, 3.63) is 0 Å². The number of ether oxygens (including phenoxy) is 2. The summed E-state index contributed by atoms with van der Waals surface area (Å²) in [5.41, 5.74) is 0. The minimum absolute atomic E-state index is 0. The predicted molar refractivity (Wildman–Crippen MR) is 38.7 cm³/mol. The predicted octanol–water partition coefficient (Wildman–Crippen LogP) is -6.81. The second-order valence-corrected chi connectivity index (χ2v) is 2.95. The van der Waals surface area contributed by atoms with Crippen LogP contribution in [0.25, 0.3) is 0 Å². The van der Waals surface area contributed by atoms with Gasteiger partial charge in [-0.3, -0.25) is 0 Å². The van der Waals surface area contributed by atoms with Gasteiger partial charge in [0.1, 0.15) is 24.4 Å². The van der Waals surface area contributed by atoms with Gasteiger partial charge in [-0.05, 0) is 0 Å². The van der Waals surface area contributed by atoms with E-state index < -0.39 is 36.7 Å². The molecular formula is C7H11NaO7. The van der Waals surface area contributed by atoms with E-state index in [1.54, 1.807) is 0 Å². The van der Waals surface area contributed by atoms with E-state index in [2.05, 4.69) is 9.47 Å². The van der Waals surface area contributed by atoms with Gasteiger partial charge in [0.15, 0.2) is 6.29 Å². The Balaban J connectivity index is 0.00000196. The number of carboxylic acid groups (broad SMARTS) is 1. The minimum Gasteiger partial charge on any atom is -0.547 e. The molecule has 1 heterocycles. The largest absolute Gasteiger partial charge is 1.00 e. The summed E-state index contributed by atoms with van der Waals surface area (Å²) in [5, 5.41) is 38.1. The Kier molecular flexibility index (Phi) is 6.23. The normalized spacial score (nSPS) is 40.7. The molecule has 0 aromatic carbocycles. The Morgan fingerprint density at radius 2 is 1.80 bits per heavy atom. The quantitative estimate of drug-likeness (QED) is 0.403. The molecule has 82 valence electrons. The number of aliphatic hydroxyl groups excluding tert-OH is 3. The van der Waals surface area contributed by atoms with Crippen molar-refractivity contribution in [2.45, 2.75) is 30.7 Å². The fourth-order valence-electron chi connectivity index (χ4n) is 1.24. The number of carbonyl (C=O) groups excluding carboxylic acids is 1. The topological polar surface area (TPSA) is 119 Å². The first-order valence-electron chi connectivity index (χ1n) is 3.92. The Morgan fingerprint density at radius 1 is 1.27 bits per heavy atom. The van der Waals surface area contributed by atoms with Gasteiger partial charge in [-0.2, -0.15) is 0 Å². The number of rotatable bonds is 2. The third kappa shape index (κ3) is 3.11. The summed E-state index contributed by atoms with van der Waals surface area (Å²) in [6.07, 6.45) is -7.88. The van der Waals surface area contributed by atoms with E-state index in [0.717, 1.165) is 0 Å². The van der Waals surface area contributed by atoms with Gasteiger partial charge in [0.2, 0.25) is 0 Å². The van der Waals surface area contributed by atoms with Crippen molar-refractivity contribution in [1.82, 2.24) is 0 Å².